The largest absolute Gasteiger partial charge is 0.336 e. The quantitative estimate of drug-likeness (QED) is 0.531. The molecule has 35 heavy (non-hydrogen) atoms. The molecule has 4 heterocycles. The molecule has 10 nitrogen and oxygen atoms in total. The SMILES string of the molecule is Cc1cc(Nc2cc(NC(=O)[C@H]3C4CNC[C@@H]43)ncn2)c(=O)n2c1C(=O)NC21CCC2(CC2)CC1. The van der Waals surface area contributed by atoms with Crippen LogP contribution in [0.25, 0.3) is 0 Å². The zero-order chi connectivity index (χ0) is 23.9. The minimum absolute atomic E-state index is 0.0168. The summed E-state index contributed by atoms with van der Waals surface area (Å²) >= 11 is 0. The summed E-state index contributed by atoms with van der Waals surface area (Å²) in [6.07, 6.45) is 7.49. The van der Waals surface area contributed by atoms with E-state index in [4.69, 9.17) is 0 Å². The fourth-order valence-corrected chi connectivity index (χ4v) is 6.72. The molecule has 2 amide bonds. The second-order valence-corrected chi connectivity index (χ2v) is 11.1. The zero-order valence-electron chi connectivity index (χ0n) is 19.7. The molecular formula is C25H29N7O3. The fraction of sp³-hybridized carbons (Fsp3) is 0.560. The van der Waals surface area contributed by atoms with Crippen LogP contribution < -0.4 is 26.8 Å². The smallest absolute Gasteiger partial charge is 0.276 e. The average molecular weight is 476 g/mol. The highest BCUT2D eigenvalue weighted by Gasteiger charge is 2.57. The van der Waals surface area contributed by atoms with Crippen molar-refractivity contribution in [2.45, 2.75) is 51.1 Å². The predicted molar refractivity (Wildman–Crippen MR) is 128 cm³/mol. The first-order valence-electron chi connectivity index (χ1n) is 12.6. The number of carbonyl (C=O) groups excluding carboxylic acids is 2. The minimum Gasteiger partial charge on any atom is -0.336 e. The van der Waals surface area contributed by atoms with Crippen molar-refractivity contribution >= 4 is 29.1 Å². The molecule has 2 spiro atoms. The fourth-order valence-electron chi connectivity index (χ4n) is 6.72. The Kier molecular flexibility index (Phi) is 4.29. The standard InChI is InChI=1S/C25H29N7O3/c1-13-8-16(23(35)32-20(13)22(34)31-25(32)6-4-24(2-3-24)5-7-25)29-17-9-18(28-12-27-17)30-21(33)19-14-10-26-11-15(14)19/h8-9,12,14-15,19,26H,2-7,10-11H2,1H3,(H,31,34)(H2,27,28,29,30,33)/t14-,15?,19+/m0/s1. The maximum absolute atomic E-state index is 13.7. The summed E-state index contributed by atoms with van der Waals surface area (Å²) in [7, 11) is 0. The third-order valence-electron chi connectivity index (χ3n) is 9.05. The lowest BCUT2D eigenvalue weighted by Gasteiger charge is -2.39. The van der Waals surface area contributed by atoms with Gasteiger partial charge in [0.15, 0.2) is 0 Å². The molecule has 0 radical (unpaired) electrons. The van der Waals surface area contributed by atoms with E-state index in [1.54, 1.807) is 16.7 Å². The summed E-state index contributed by atoms with van der Waals surface area (Å²) in [6.45, 7) is 3.63. The molecular weight excluding hydrogens is 446 g/mol. The Hall–Kier alpha value is -3.27. The van der Waals surface area contributed by atoms with Crippen LogP contribution >= 0.6 is 0 Å². The number of anilines is 3. The number of piperidine rings is 1. The second-order valence-electron chi connectivity index (χ2n) is 11.1. The van der Waals surface area contributed by atoms with Gasteiger partial charge in [-0.1, -0.05) is 0 Å². The Morgan fingerprint density at radius 3 is 2.43 bits per heavy atom. The first-order valence-corrected chi connectivity index (χ1v) is 12.6. The van der Waals surface area contributed by atoms with Crippen LogP contribution in [0.2, 0.25) is 0 Å². The van der Waals surface area contributed by atoms with Crippen LogP contribution in [-0.4, -0.2) is 39.4 Å². The van der Waals surface area contributed by atoms with Crippen molar-refractivity contribution in [2.75, 3.05) is 23.7 Å². The van der Waals surface area contributed by atoms with Gasteiger partial charge in [-0.25, -0.2) is 9.97 Å². The maximum atomic E-state index is 13.7. The van der Waals surface area contributed by atoms with Gasteiger partial charge in [-0.2, -0.15) is 0 Å². The Bertz CT molecular complexity index is 1310. The number of amides is 2. The van der Waals surface area contributed by atoms with Crippen molar-refractivity contribution in [3.05, 3.63) is 40.1 Å². The minimum atomic E-state index is -0.651. The van der Waals surface area contributed by atoms with Crippen LogP contribution in [0.3, 0.4) is 0 Å². The molecule has 4 N–H and O–H groups in total. The van der Waals surface area contributed by atoms with Crippen LogP contribution in [0.5, 0.6) is 0 Å². The number of rotatable bonds is 4. The van der Waals surface area contributed by atoms with Crippen molar-refractivity contribution in [1.82, 2.24) is 25.2 Å². The Morgan fingerprint density at radius 2 is 1.71 bits per heavy atom. The van der Waals surface area contributed by atoms with Gasteiger partial charge in [-0.3, -0.25) is 19.0 Å². The summed E-state index contributed by atoms with van der Waals surface area (Å²) in [6, 6.07) is 3.34. The Balaban J connectivity index is 1.16. The molecule has 0 bridgehead atoms. The van der Waals surface area contributed by atoms with E-state index in [1.165, 1.54) is 19.2 Å². The van der Waals surface area contributed by atoms with Crippen molar-refractivity contribution in [1.29, 1.82) is 0 Å². The summed E-state index contributed by atoms with van der Waals surface area (Å²) < 4.78 is 1.69. The number of aromatic nitrogens is 3. The van der Waals surface area contributed by atoms with Crippen LogP contribution in [-0.2, 0) is 10.5 Å². The molecule has 3 saturated carbocycles. The lowest BCUT2D eigenvalue weighted by Crippen LogP contribution is -2.50. The van der Waals surface area contributed by atoms with E-state index in [-0.39, 0.29) is 23.3 Å². The van der Waals surface area contributed by atoms with E-state index in [0.29, 0.717) is 40.3 Å². The molecule has 3 atom stereocenters. The number of nitrogens with one attached hydrogen (secondary N) is 4. The first-order chi connectivity index (χ1) is 16.9. The highest BCUT2D eigenvalue weighted by atomic mass is 16.2. The number of hydrogen-bond donors (Lipinski definition) is 4. The normalized spacial score (nSPS) is 28.4. The summed E-state index contributed by atoms with van der Waals surface area (Å²) in [5, 5.41) is 12.5. The van der Waals surface area contributed by atoms with Crippen LogP contribution in [0.1, 0.15) is 54.6 Å². The summed E-state index contributed by atoms with van der Waals surface area (Å²) in [4.78, 5) is 47.6. The van der Waals surface area contributed by atoms with E-state index in [0.717, 1.165) is 44.3 Å². The van der Waals surface area contributed by atoms with Gasteiger partial charge in [0.1, 0.15) is 35.0 Å². The molecule has 2 aliphatic heterocycles. The van der Waals surface area contributed by atoms with Crippen molar-refractivity contribution in [3.8, 4) is 0 Å². The van der Waals surface area contributed by atoms with Gasteiger partial charge in [0, 0.05) is 12.0 Å². The molecule has 4 fully saturated rings. The molecule has 3 aliphatic carbocycles. The van der Waals surface area contributed by atoms with Gasteiger partial charge < -0.3 is 21.3 Å². The highest BCUT2D eigenvalue weighted by molar-refractivity contribution is 5.97. The maximum Gasteiger partial charge on any atom is 0.276 e. The average Bonchev–Trinajstić information content (AvgIpc) is 3.67. The topological polar surface area (TPSA) is 130 Å². The van der Waals surface area contributed by atoms with E-state index in [9.17, 15) is 14.4 Å². The predicted octanol–water partition coefficient (Wildman–Crippen LogP) is 1.84. The third-order valence-corrected chi connectivity index (χ3v) is 9.05. The van der Waals surface area contributed by atoms with Crippen molar-refractivity contribution < 1.29 is 9.59 Å². The van der Waals surface area contributed by atoms with Crippen molar-refractivity contribution in [3.63, 3.8) is 0 Å². The molecule has 7 rings (SSSR count). The second kappa shape index (κ2) is 7.13. The van der Waals surface area contributed by atoms with Crippen LogP contribution in [0, 0.1) is 30.1 Å². The van der Waals surface area contributed by atoms with Crippen LogP contribution in [0.15, 0.2) is 23.3 Å². The van der Waals surface area contributed by atoms with E-state index >= 15 is 0 Å². The lowest BCUT2D eigenvalue weighted by atomic mass is 9.79. The number of hydrogen-bond acceptors (Lipinski definition) is 7. The zero-order valence-corrected chi connectivity index (χ0v) is 19.7. The monoisotopic (exact) mass is 475 g/mol. The van der Waals surface area contributed by atoms with Gasteiger partial charge in [-0.05, 0) is 87.4 Å². The summed E-state index contributed by atoms with van der Waals surface area (Å²) in [5.74, 6) is 1.50. The number of carbonyl (C=O) groups is 2. The number of fused-ring (bicyclic) bond motifs is 3. The molecule has 0 aromatic carbocycles. The molecule has 182 valence electrons. The molecule has 2 aromatic rings. The van der Waals surface area contributed by atoms with Crippen LogP contribution in [0.4, 0.5) is 17.3 Å². The van der Waals surface area contributed by atoms with Gasteiger partial charge in [0.2, 0.25) is 5.91 Å². The van der Waals surface area contributed by atoms with Gasteiger partial charge in [0.25, 0.3) is 11.5 Å². The third kappa shape index (κ3) is 3.22. The lowest BCUT2D eigenvalue weighted by molar-refractivity contribution is -0.118. The first kappa shape index (κ1) is 21.0. The number of pyridine rings is 1. The Morgan fingerprint density at radius 1 is 1.03 bits per heavy atom. The van der Waals surface area contributed by atoms with Gasteiger partial charge in [0.05, 0.1) is 0 Å². The molecule has 1 unspecified atom stereocenters. The number of aryl methyl sites for hydroxylation is 1. The molecule has 5 aliphatic rings. The molecule has 1 saturated heterocycles. The molecule has 10 heteroatoms. The highest BCUT2D eigenvalue weighted by Crippen LogP contribution is 2.59. The van der Waals surface area contributed by atoms with Gasteiger partial charge >= 0.3 is 0 Å². The number of nitrogens with zero attached hydrogens (tertiary/aromatic N) is 3. The van der Waals surface area contributed by atoms with E-state index < -0.39 is 5.66 Å². The van der Waals surface area contributed by atoms with Gasteiger partial charge in [-0.15, -0.1) is 0 Å². The van der Waals surface area contributed by atoms with Crippen molar-refractivity contribution in [2.24, 2.45) is 23.2 Å². The van der Waals surface area contributed by atoms with E-state index in [2.05, 4.69) is 31.2 Å². The van der Waals surface area contributed by atoms with E-state index in [1.807, 2.05) is 6.92 Å². The summed E-state index contributed by atoms with van der Waals surface area (Å²) in [5.41, 5.74) is 1.09. The Labute approximate surface area is 202 Å². The molecule has 2 aromatic heterocycles.